The molecule has 0 spiro atoms. The van der Waals surface area contributed by atoms with E-state index in [2.05, 4.69) is 49.1 Å². The molecule has 0 unspecified atom stereocenters. The van der Waals surface area contributed by atoms with Gasteiger partial charge in [-0.3, -0.25) is 15.0 Å². The number of aromatic nitrogens is 5. The van der Waals surface area contributed by atoms with Crippen molar-refractivity contribution in [2.24, 2.45) is 0 Å². The Balaban J connectivity index is 1.41. The van der Waals surface area contributed by atoms with E-state index in [4.69, 9.17) is 0 Å². The van der Waals surface area contributed by atoms with E-state index < -0.39 is 0 Å². The van der Waals surface area contributed by atoms with Crippen LogP contribution < -0.4 is 5.32 Å². The Kier molecular flexibility index (Phi) is 3.65. The van der Waals surface area contributed by atoms with E-state index in [0.717, 1.165) is 26.9 Å². The van der Waals surface area contributed by atoms with Crippen molar-refractivity contribution in [1.29, 1.82) is 0 Å². The van der Waals surface area contributed by atoms with Crippen molar-refractivity contribution in [1.82, 2.24) is 25.6 Å². The average molecular weight is 410 g/mol. The van der Waals surface area contributed by atoms with Crippen molar-refractivity contribution in [2.75, 3.05) is 5.32 Å². The summed E-state index contributed by atoms with van der Waals surface area (Å²) in [7, 11) is 0. The van der Waals surface area contributed by atoms with E-state index >= 15 is 0 Å². The number of carbonyl (C=O) groups excluding carboxylic acids is 1. The maximum Gasteiger partial charge on any atom is 0.255 e. The van der Waals surface area contributed by atoms with Crippen molar-refractivity contribution >= 4 is 55.0 Å². The van der Waals surface area contributed by atoms with Crippen molar-refractivity contribution in [2.45, 2.75) is 0 Å². The van der Waals surface area contributed by atoms with Gasteiger partial charge in [0.05, 0.1) is 17.2 Å². The molecule has 7 nitrogen and oxygen atoms in total. The summed E-state index contributed by atoms with van der Waals surface area (Å²) in [4.78, 5) is 14.0. The largest absolute Gasteiger partial charge is 0.322 e. The maximum atomic E-state index is 12.9. The Bertz CT molecular complexity index is 1530. The standard InChI is InChI=1S/C22H14N6OS/c29-22(13-5-6-17-18(8-13)26-28-25-17)24-15-7-14-11-23-27-21(14)16(10-15)20-9-12-3-1-2-4-19(12)30-20/h1-11H,(H,23,27)(H,24,29)(H,25,26,28). The first kappa shape index (κ1) is 16.9. The predicted octanol–water partition coefficient (Wildman–Crippen LogP) is 4.97. The number of benzene rings is 3. The van der Waals surface area contributed by atoms with E-state index in [9.17, 15) is 4.79 Å². The zero-order chi connectivity index (χ0) is 20.1. The highest BCUT2D eigenvalue weighted by atomic mass is 32.1. The van der Waals surface area contributed by atoms with Crippen LogP contribution >= 0.6 is 11.3 Å². The van der Waals surface area contributed by atoms with Gasteiger partial charge in [-0.2, -0.15) is 5.10 Å². The number of fused-ring (bicyclic) bond motifs is 3. The number of aromatic amines is 2. The Morgan fingerprint density at radius 3 is 2.83 bits per heavy atom. The number of anilines is 1. The first-order valence-corrected chi connectivity index (χ1v) is 10.1. The van der Waals surface area contributed by atoms with Gasteiger partial charge in [-0.15, -0.1) is 16.4 Å². The van der Waals surface area contributed by atoms with Gasteiger partial charge in [0.2, 0.25) is 0 Å². The number of carbonyl (C=O) groups is 1. The van der Waals surface area contributed by atoms with Gasteiger partial charge in [0.1, 0.15) is 5.52 Å². The molecule has 0 radical (unpaired) electrons. The number of rotatable bonds is 3. The minimum atomic E-state index is -0.204. The summed E-state index contributed by atoms with van der Waals surface area (Å²) >= 11 is 1.72. The smallest absolute Gasteiger partial charge is 0.255 e. The molecule has 144 valence electrons. The van der Waals surface area contributed by atoms with E-state index in [1.165, 1.54) is 10.1 Å². The molecule has 0 aliphatic heterocycles. The summed E-state index contributed by atoms with van der Waals surface area (Å²) in [5.41, 5.74) is 4.63. The van der Waals surface area contributed by atoms with Gasteiger partial charge < -0.3 is 5.32 Å². The average Bonchev–Trinajstić information content (AvgIpc) is 3.50. The van der Waals surface area contributed by atoms with E-state index in [0.29, 0.717) is 16.8 Å². The number of H-pyrrole nitrogens is 2. The van der Waals surface area contributed by atoms with Crippen LogP contribution in [-0.4, -0.2) is 31.5 Å². The normalized spacial score (nSPS) is 11.5. The van der Waals surface area contributed by atoms with Crippen LogP contribution in [0.4, 0.5) is 5.69 Å². The highest BCUT2D eigenvalue weighted by Crippen LogP contribution is 2.38. The number of thiophene rings is 1. The van der Waals surface area contributed by atoms with Crippen LogP contribution in [0.2, 0.25) is 0 Å². The molecule has 0 saturated carbocycles. The molecule has 0 atom stereocenters. The third-order valence-corrected chi connectivity index (χ3v) is 6.24. The highest BCUT2D eigenvalue weighted by molar-refractivity contribution is 7.22. The molecule has 6 aromatic rings. The lowest BCUT2D eigenvalue weighted by molar-refractivity contribution is 0.102. The Labute approximate surface area is 173 Å². The summed E-state index contributed by atoms with van der Waals surface area (Å²) in [6, 6.07) is 19.6. The molecule has 0 saturated heterocycles. The molecule has 0 aliphatic rings. The number of hydrogen-bond acceptors (Lipinski definition) is 5. The van der Waals surface area contributed by atoms with Gasteiger partial charge in [-0.1, -0.05) is 23.4 Å². The molecule has 30 heavy (non-hydrogen) atoms. The summed E-state index contributed by atoms with van der Waals surface area (Å²) in [5, 5.41) is 22.9. The highest BCUT2D eigenvalue weighted by Gasteiger charge is 2.14. The molecule has 0 aliphatic carbocycles. The first-order chi connectivity index (χ1) is 14.7. The second kappa shape index (κ2) is 6.50. The second-order valence-corrected chi connectivity index (χ2v) is 8.09. The molecule has 1 amide bonds. The number of amides is 1. The van der Waals surface area contributed by atoms with Crippen molar-refractivity contribution < 1.29 is 4.79 Å². The summed E-state index contributed by atoms with van der Waals surface area (Å²) in [6.45, 7) is 0. The van der Waals surface area contributed by atoms with Crippen molar-refractivity contribution in [3.05, 3.63) is 72.4 Å². The Hall–Kier alpha value is -4.04. The fourth-order valence-corrected chi connectivity index (χ4v) is 4.71. The fourth-order valence-electron chi connectivity index (χ4n) is 3.62. The molecule has 3 heterocycles. The quantitative estimate of drug-likeness (QED) is 0.384. The molecule has 0 bridgehead atoms. The van der Waals surface area contributed by atoms with Crippen LogP contribution in [0.5, 0.6) is 0 Å². The monoisotopic (exact) mass is 410 g/mol. The predicted molar refractivity (Wildman–Crippen MR) is 119 cm³/mol. The molecule has 3 aromatic heterocycles. The van der Waals surface area contributed by atoms with Crippen LogP contribution in [0.1, 0.15) is 10.4 Å². The van der Waals surface area contributed by atoms with Gasteiger partial charge in [0, 0.05) is 31.8 Å². The summed E-state index contributed by atoms with van der Waals surface area (Å²) in [6.07, 6.45) is 1.77. The van der Waals surface area contributed by atoms with Crippen molar-refractivity contribution in [3.8, 4) is 10.4 Å². The van der Waals surface area contributed by atoms with Gasteiger partial charge in [0.25, 0.3) is 5.91 Å². The Morgan fingerprint density at radius 2 is 1.90 bits per heavy atom. The minimum Gasteiger partial charge on any atom is -0.322 e. The van der Waals surface area contributed by atoms with E-state index in [1.54, 1.807) is 35.7 Å². The van der Waals surface area contributed by atoms with Crippen LogP contribution in [0.25, 0.3) is 42.5 Å². The van der Waals surface area contributed by atoms with Gasteiger partial charge in [0.15, 0.2) is 0 Å². The summed E-state index contributed by atoms with van der Waals surface area (Å²) < 4.78 is 1.22. The molecule has 3 aromatic carbocycles. The lowest BCUT2D eigenvalue weighted by atomic mass is 10.1. The van der Waals surface area contributed by atoms with Crippen LogP contribution in [-0.2, 0) is 0 Å². The number of nitrogens with one attached hydrogen (secondary N) is 3. The zero-order valence-electron chi connectivity index (χ0n) is 15.5. The number of nitrogens with zero attached hydrogens (tertiary/aromatic N) is 3. The number of hydrogen-bond donors (Lipinski definition) is 3. The first-order valence-electron chi connectivity index (χ1n) is 9.33. The third-order valence-electron chi connectivity index (χ3n) is 5.09. The van der Waals surface area contributed by atoms with E-state index in [1.807, 2.05) is 24.3 Å². The minimum absolute atomic E-state index is 0.204. The fraction of sp³-hybridized carbons (Fsp3) is 0. The maximum absolute atomic E-state index is 12.9. The molecule has 0 fully saturated rings. The van der Waals surface area contributed by atoms with E-state index in [-0.39, 0.29) is 5.91 Å². The lowest BCUT2D eigenvalue weighted by Crippen LogP contribution is -2.11. The molecule has 3 N–H and O–H groups in total. The zero-order valence-corrected chi connectivity index (χ0v) is 16.3. The molecule has 8 heteroatoms. The van der Waals surface area contributed by atoms with Crippen molar-refractivity contribution in [3.63, 3.8) is 0 Å². The lowest BCUT2D eigenvalue weighted by Gasteiger charge is -2.08. The second-order valence-electron chi connectivity index (χ2n) is 7.00. The Morgan fingerprint density at radius 1 is 0.967 bits per heavy atom. The summed E-state index contributed by atoms with van der Waals surface area (Å²) in [5.74, 6) is -0.204. The SMILES string of the molecule is O=C(Nc1cc(-c2cc3ccccc3s2)c2[nH]ncc2c1)c1ccc2[nH]nnc2c1. The molecular weight excluding hydrogens is 396 g/mol. The third kappa shape index (κ3) is 2.73. The van der Waals surface area contributed by atoms with Gasteiger partial charge in [-0.25, -0.2) is 0 Å². The van der Waals surface area contributed by atoms with Crippen LogP contribution in [0.15, 0.2) is 66.9 Å². The van der Waals surface area contributed by atoms with Gasteiger partial charge >= 0.3 is 0 Å². The molecule has 6 rings (SSSR count). The van der Waals surface area contributed by atoms with Crippen LogP contribution in [0, 0.1) is 0 Å². The molecular formula is C22H14N6OS. The topological polar surface area (TPSA) is 99.3 Å². The van der Waals surface area contributed by atoms with Gasteiger partial charge in [-0.05, 0) is 47.9 Å². The van der Waals surface area contributed by atoms with Crippen LogP contribution in [0.3, 0.4) is 0 Å².